The first kappa shape index (κ1) is 20.1. The maximum absolute atomic E-state index is 13.3. The minimum atomic E-state index is -0.338. The summed E-state index contributed by atoms with van der Waals surface area (Å²) in [4.78, 5) is 25.6. The summed E-state index contributed by atoms with van der Waals surface area (Å²) in [5.41, 5.74) is 2.31. The smallest absolute Gasteiger partial charge is 0.265 e. The molecule has 0 saturated carbocycles. The molecule has 2 aromatic carbocycles. The van der Waals surface area contributed by atoms with E-state index in [2.05, 4.69) is 15.7 Å². The quantitative estimate of drug-likeness (QED) is 0.444. The normalized spacial score (nSPS) is 10.9. The van der Waals surface area contributed by atoms with Crippen molar-refractivity contribution < 1.29 is 14.0 Å². The average molecular weight is 443 g/mol. The fraction of sp³-hybridized carbons (Fsp3) is 0.0952. The van der Waals surface area contributed by atoms with Crippen molar-refractivity contribution in [1.29, 1.82) is 0 Å². The van der Waals surface area contributed by atoms with Crippen LogP contribution in [0.3, 0.4) is 0 Å². The minimum absolute atomic E-state index is 0.260. The molecule has 0 saturated heterocycles. The van der Waals surface area contributed by atoms with Crippen molar-refractivity contribution in [3.05, 3.63) is 69.9 Å². The molecule has 4 aromatic rings. The van der Waals surface area contributed by atoms with Crippen molar-refractivity contribution in [3.8, 4) is 5.69 Å². The van der Waals surface area contributed by atoms with E-state index in [4.69, 9.17) is 11.6 Å². The molecule has 0 aliphatic heterocycles. The van der Waals surface area contributed by atoms with Crippen molar-refractivity contribution in [2.75, 3.05) is 10.6 Å². The van der Waals surface area contributed by atoms with Crippen LogP contribution in [0.4, 0.5) is 15.8 Å². The number of halogens is 2. The third kappa shape index (κ3) is 3.92. The van der Waals surface area contributed by atoms with Gasteiger partial charge in [-0.15, -0.1) is 11.3 Å². The zero-order valence-electron chi connectivity index (χ0n) is 16.0. The maximum atomic E-state index is 13.3. The Labute approximate surface area is 180 Å². The number of nitrogens with zero attached hydrogens (tertiary/aromatic N) is 2. The van der Waals surface area contributed by atoms with E-state index in [1.807, 2.05) is 6.92 Å². The number of carbonyl (C=O) groups is 2. The molecule has 0 fully saturated rings. The molecule has 2 N–H and O–H groups in total. The van der Waals surface area contributed by atoms with Gasteiger partial charge in [0.05, 0.1) is 27.6 Å². The number of anilines is 2. The standard InChI is InChI=1S/C21H16ClFN4O2S/c1-11-16-10-19(30-21(16)27(26-11)15-6-4-14(23)5-7-15)20(29)25-18-9-13(22)3-8-17(18)24-12(2)28/h3-10H,1-2H3,(H,24,28)(H,25,29). The zero-order valence-corrected chi connectivity index (χ0v) is 17.6. The maximum Gasteiger partial charge on any atom is 0.265 e. The second-order valence-electron chi connectivity index (χ2n) is 6.63. The molecule has 0 aliphatic carbocycles. The van der Waals surface area contributed by atoms with Crippen LogP contribution in [-0.2, 0) is 4.79 Å². The van der Waals surface area contributed by atoms with Crippen molar-refractivity contribution in [2.24, 2.45) is 0 Å². The molecule has 0 aliphatic rings. The van der Waals surface area contributed by atoms with E-state index in [1.165, 1.54) is 30.4 Å². The number of hydrogen-bond acceptors (Lipinski definition) is 4. The number of benzene rings is 2. The summed E-state index contributed by atoms with van der Waals surface area (Å²) in [6.07, 6.45) is 0. The molecule has 6 nitrogen and oxygen atoms in total. The Morgan fingerprint density at radius 3 is 2.50 bits per heavy atom. The lowest BCUT2D eigenvalue weighted by atomic mass is 10.2. The molecule has 152 valence electrons. The van der Waals surface area contributed by atoms with Crippen LogP contribution in [0.1, 0.15) is 22.3 Å². The van der Waals surface area contributed by atoms with Gasteiger partial charge in [0.15, 0.2) is 0 Å². The van der Waals surface area contributed by atoms with E-state index >= 15 is 0 Å². The number of aryl methyl sites for hydroxylation is 1. The summed E-state index contributed by atoms with van der Waals surface area (Å²) in [6.45, 7) is 3.23. The Morgan fingerprint density at radius 2 is 1.80 bits per heavy atom. The van der Waals surface area contributed by atoms with Gasteiger partial charge in [0.2, 0.25) is 5.91 Å². The van der Waals surface area contributed by atoms with E-state index in [0.29, 0.717) is 27.0 Å². The van der Waals surface area contributed by atoms with E-state index in [0.717, 1.165) is 15.9 Å². The highest BCUT2D eigenvalue weighted by Gasteiger charge is 2.18. The first-order chi connectivity index (χ1) is 14.3. The molecule has 4 rings (SSSR count). The molecule has 30 heavy (non-hydrogen) atoms. The van der Waals surface area contributed by atoms with Crippen LogP contribution < -0.4 is 10.6 Å². The second-order valence-corrected chi connectivity index (χ2v) is 8.10. The Morgan fingerprint density at radius 1 is 1.07 bits per heavy atom. The first-order valence-electron chi connectivity index (χ1n) is 8.95. The van der Waals surface area contributed by atoms with Crippen LogP contribution in [0.25, 0.3) is 15.9 Å². The highest BCUT2D eigenvalue weighted by atomic mass is 35.5. The average Bonchev–Trinajstić information content (AvgIpc) is 3.25. The second kappa shape index (κ2) is 7.89. The van der Waals surface area contributed by atoms with Gasteiger partial charge in [-0.05, 0) is 55.5 Å². The monoisotopic (exact) mass is 442 g/mol. The third-order valence-electron chi connectivity index (χ3n) is 4.38. The topological polar surface area (TPSA) is 76.0 Å². The Kier molecular flexibility index (Phi) is 5.27. The van der Waals surface area contributed by atoms with Crippen molar-refractivity contribution in [3.63, 3.8) is 0 Å². The van der Waals surface area contributed by atoms with Crippen LogP contribution in [0.15, 0.2) is 48.5 Å². The van der Waals surface area contributed by atoms with Gasteiger partial charge in [-0.2, -0.15) is 5.10 Å². The summed E-state index contributed by atoms with van der Waals surface area (Å²) in [6, 6.07) is 12.6. The molecule has 0 radical (unpaired) electrons. The number of nitrogens with one attached hydrogen (secondary N) is 2. The Bertz CT molecular complexity index is 1280. The van der Waals surface area contributed by atoms with Crippen LogP contribution in [-0.4, -0.2) is 21.6 Å². The largest absolute Gasteiger partial charge is 0.325 e. The molecule has 2 aromatic heterocycles. The van der Waals surface area contributed by atoms with E-state index in [1.54, 1.807) is 41.1 Å². The number of carbonyl (C=O) groups excluding carboxylic acids is 2. The summed E-state index contributed by atoms with van der Waals surface area (Å²) in [7, 11) is 0. The zero-order chi connectivity index (χ0) is 21.4. The van der Waals surface area contributed by atoms with E-state index in [-0.39, 0.29) is 17.6 Å². The van der Waals surface area contributed by atoms with Gasteiger partial charge in [-0.3, -0.25) is 9.59 Å². The van der Waals surface area contributed by atoms with Gasteiger partial charge in [0.1, 0.15) is 10.6 Å². The fourth-order valence-electron chi connectivity index (χ4n) is 3.02. The Hall–Kier alpha value is -3.23. The lowest BCUT2D eigenvalue weighted by molar-refractivity contribution is -0.114. The molecule has 0 atom stereocenters. The molecule has 0 unspecified atom stereocenters. The number of fused-ring (bicyclic) bond motifs is 1. The SMILES string of the molecule is CC(=O)Nc1ccc(Cl)cc1NC(=O)c1cc2c(C)nn(-c3ccc(F)cc3)c2s1. The number of aromatic nitrogens is 2. The van der Waals surface area contributed by atoms with Gasteiger partial charge < -0.3 is 10.6 Å². The number of rotatable bonds is 4. The van der Waals surface area contributed by atoms with Gasteiger partial charge in [-0.25, -0.2) is 9.07 Å². The molecule has 0 spiro atoms. The Balaban J connectivity index is 1.68. The number of hydrogen-bond donors (Lipinski definition) is 2. The molecule has 9 heteroatoms. The highest BCUT2D eigenvalue weighted by molar-refractivity contribution is 7.20. The van der Waals surface area contributed by atoms with Gasteiger partial charge >= 0.3 is 0 Å². The summed E-state index contributed by atoms with van der Waals surface area (Å²) in [5.74, 6) is -0.929. The molecular weight excluding hydrogens is 427 g/mol. The number of amides is 2. The molecule has 2 heterocycles. The third-order valence-corrected chi connectivity index (χ3v) is 5.72. The van der Waals surface area contributed by atoms with E-state index in [9.17, 15) is 14.0 Å². The van der Waals surface area contributed by atoms with Crippen LogP contribution in [0.2, 0.25) is 5.02 Å². The van der Waals surface area contributed by atoms with Crippen molar-refractivity contribution in [2.45, 2.75) is 13.8 Å². The molecule has 2 amide bonds. The van der Waals surface area contributed by atoms with Crippen molar-refractivity contribution >= 4 is 56.3 Å². The van der Waals surface area contributed by atoms with Gasteiger partial charge in [0, 0.05) is 17.3 Å². The summed E-state index contributed by atoms with van der Waals surface area (Å²) < 4.78 is 15.0. The van der Waals surface area contributed by atoms with E-state index < -0.39 is 0 Å². The molecular formula is C21H16ClFN4O2S. The first-order valence-corrected chi connectivity index (χ1v) is 10.1. The molecule has 0 bridgehead atoms. The summed E-state index contributed by atoms with van der Waals surface area (Å²) in [5, 5.41) is 11.2. The minimum Gasteiger partial charge on any atom is -0.325 e. The predicted molar refractivity (Wildman–Crippen MR) is 117 cm³/mol. The highest BCUT2D eigenvalue weighted by Crippen LogP contribution is 2.32. The van der Waals surface area contributed by atoms with Gasteiger partial charge in [0.25, 0.3) is 5.91 Å². The lowest BCUT2D eigenvalue weighted by Gasteiger charge is -2.11. The van der Waals surface area contributed by atoms with Crippen LogP contribution in [0, 0.1) is 12.7 Å². The fourth-order valence-corrected chi connectivity index (χ4v) is 4.27. The van der Waals surface area contributed by atoms with Gasteiger partial charge in [-0.1, -0.05) is 11.6 Å². The lowest BCUT2D eigenvalue weighted by Crippen LogP contribution is -2.14. The van der Waals surface area contributed by atoms with Crippen LogP contribution >= 0.6 is 22.9 Å². The summed E-state index contributed by atoms with van der Waals surface area (Å²) >= 11 is 7.32. The number of thiophene rings is 1. The van der Waals surface area contributed by atoms with Crippen molar-refractivity contribution in [1.82, 2.24) is 9.78 Å². The van der Waals surface area contributed by atoms with Crippen LogP contribution in [0.5, 0.6) is 0 Å². The predicted octanol–water partition coefficient (Wildman–Crippen LogP) is 5.40.